The van der Waals surface area contributed by atoms with E-state index in [1.165, 1.54) is 6.92 Å². The van der Waals surface area contributed by atoms with Crippen molar-refractivity contribution in [2.45, 2.75) is 63.7 Å². The number of aryl methyl sites for hydroxylation is 1. The van der Waals surface area contributed by atoms with Gasteiger partial charge in [-0.15, -0.1) is 0 Å². The van der Waals surface area contributed by atoms with Gasteiger partial charge in [0, 0.05) is 73.3 Å². The molecule has 1 amide bonds. The highest BCUT2D eigenvalue weighted by Crippen LogP contribution is 2.43. The highest BCUT2D eigenvalue weighted by molar-refractivity contribution is 6.06. The van der Waals surface area contributed by atoms with Crippen LogP contribution in [0.3, 0.4) is 0 Å². The number of carbonyl (C=O) groups excluding carboxylic acids is 1. The SMILES string of the molecule is Cc1cc(-c2c(C3CCOCC3)nc(OC3CC(N(C)C(=O)C(C)O)C3)c3cc4[nH]ncc4cc23)ccn1. The molecule has 0 bridgehead atoms. The normalized spacial score (nSPS) is 20.8. The van der Waals surface area contributed by atoms with Crippen LogP contribution < -0.4 is 4.74 Å². The minimum absolute atomic E-state index is 0.0432. The molecular formula is C29H33N5O4. The zero-order chi connectivity index (χ0) is 26.4. The molecule has 2 N–H and O–H groups in total. The Morgan fingerprint density at radius 3 is 2.74 bits per heavy atom. The van der Waals surface area contributed by atoms with Gasteiger partial charge in [0.2, 0.25) is 5.88 Å². The molecule has 6 rings (SSSR count). The molecule has 0 spiro atoms. The number of hydrogen-bond acceptors (Lipinski definition) is 7. The van der Waals surface area contributed by atoms with Gasteiger partial charge in [-0.05, 0) is 61.9 Å². The van der Waals surface area contributed by atoms with Crippen molar-refractivity contribution >= 4 is 27.6 Å². The Kier molecular flexibility index (Phi) is 6.49. The average molecular weight is 516 g/mol. The van der Waals surface area contributed by atoms with Crippen LogP contribution in [0, 0.1) is 6.92 Å². The summed E-state index contributed by atoms with van der Waals surface area (Å²) < 4.78 is 12.2. The number of fused-ring (bicyclic) bond motifs is 2. The minimum atomic E-state index is -1.01. The highest BCUT2D eigenvalue weighted by Gasteiger charge is 2.37. The van der Waals surface area contributed by atoms with Gasteiger partial charge in [0.1, 0.15) is 12.2 Å². The van der Waals surface area contributed by atoms with Crippen molar-refractivity contribution in [1.82, 2.24) is 25.1 Å². The van der Waals surface area contributed by atoms with E-state index >= 15 is 0 Å². The molecule has 0 radical (unpaired) electrons. The standard InChI is InChI=1S/C29H33N5O4/c1-16-10-19(4-7-30-16)26-23-11-20-15-31-33-25(20)14-24(23)28(32-27(26)18-5-8-37-9-6-18)38-22-12-21(13-22)34(3)29(36)17(2)35/h4,7,10-11,14-15,17-18,21-22,35H,5-6,8-9,12-13H2,1-3H3,(H,31,33). The fraction of sp³-hybridized carbons (Fsp3) is 0.448. The van der Waals surface area contributed by atoms with Gasteiger partial charge in [-0.25, -0.2) is 4.98 Å². The maximum Gasteiger partial charge on any atom is 0.251 e. The van der Waals surface area contributed by atoms with E-state index in [9.17, 15) is 9.90 Å². The third kappa shape index (κ3) is 4.50. The topological polar surface area (TPSA) is 113 Å². The number of aromatic amines is 1. The summed E-state index contributed by atoms with van der Waals surface area (Å²) in [6, 6.07) is 8.46. The molecule has 1 aliphatic carbocycles. The summed E-state index contributed by atoms with van der Waals surface area (Å²) in [6.45, 7) is 4.93. The van der Waals surface area contributed by atoms with E-state index in [4.69, 9.17) is 14.5 Å². The minimum Gasteiger partial charge on any atom is -0.474 e. The van der Waals surface area contributed by atoms with Gasteiger partial charge in [0.25, 0.3) is 5.91 Å². The molecule has 1 saturated carbocycles. The molecule has 4 aromatic rings. The summed E-state index contributed by atoms with van der Waals surface area (Å²) in [7, 11) is 1.74. The summed E-state index contributed by atoms with van der Waals surface area (Å²) in [5, 5.41) is 20.1. The molecule has 1 aliphatic heterocycles. The maximum atomic E-state index is 12.2. The molecule has 1 aromatic carbocycles. The zero-order valence-corrected chi connectivity index (χ0v) is 22.0. The lowest BCUT2D eigenvalue weighted by Gasteiger charge is -2.41. The lowest BCUT2D eigenvalue weighted by Crippen LogP contribution is -2.52. The van der Waals surface area contributed by atoms with Crippen molar-refractivity contribution in [1.29, 1.82) is 0 Å². The van der Waals surface area contributed by atoms with Crippen molar-refractivity contribution in [3.05, 3.63) is 48.0 Å². The first kappa shape index (κ1) is 24.8. The molecule has 2 fully saturated rings. The molecule has 1 saturated heterocycles. The lowest BCUT2D eigenvalue weighted by atomic mass is 9.86. The number of nitrogens with zero attached hydrogens (tertiary/aromatic N) is 4. The van der Waals surface area contributed by atoms with Crippen molar-refractivity contribution in [2.24, 2.45) is 0 Å². The van der Waals surface area contributed by atoms with E-state index in [1.54, 1.807) is 11.9 Å². The number of aliphatic hydroxyl groups is 1. The van der Waals surface area contributed by atoms with E-state index in [0.717, 1.165) is 57.0 Å². The molecular weight excluding hydrogens is 482 g/mol. The van der Waals surface area contributed by atoms with Crippen LogP contribution in [-0.4, -0.2) is 74.6 Å². The van der Waals surface area contributed by atoms with E-state index in [2.05, 4.69) is 39.4 Å². The van der Waals surface area contributed by atoms with Crippen molar-refractivity contribution in [2.75, 3.05) is 20.3 Å². The Bertz CT molecular complexity index is 1490. The first-order valence-corrected chi connectivity index (χ1v) is 13.3. The summed E-state index contributed by atoms with van der Waals surface area (Å²) >= 11 is 0. The van der Waals surface area contributed by atoms with Crippen LogP contribution >= 0.6 is 0 Å². The predicted octanol–water partition coefficient (Wildman–Crippen LogP) is 4.12. The summed E-state index contributed by atoms with van der Waals surface area (Å²) in [6.07, 6.45) is 5.83. The number of hydrogen-bond donors (Lipinski definition) is 2. The Labute approximate surface area is 221 Å². The van der Waals surface area contributed by atoms with Crippen LogP contribution in [0.2, 0.25) is 0 Å². The fourth-order valence-electron chi connectivity index (χ4n) is 5.68. The molecule has 1 unspecified atom stereocenters. The van der Waals surface area contributed by atoms with Crippen LogP contribution in [0.4, 0.5) is 0 Å². The molecule has 1 atom stereocenters. The summed E-state index contributed by atoms with van der Waals surface area (Å²) in [5.41, 5.74) is 5.11. The number of carbonyl (C=O) groups is 1. The molecule has 2 aliphatic rings. The highest BCUT2D eigenvalue weighted by atomic mass is 16.5. The van der Waals surface area contributed by atoms with Crippen LogP contribution in [0.25, 0.3) is 32.8 Å². The number of amides is 1. The quantitative estimate of drug-likeness (QED) is 0.397. The Balaban J connectivity index is 1.45. The first-order chi connectivity index (χ1) is 18.4. The van der Waals surface area contributed by atoms with Gasteiger partial charge < -0.3 is 19.5 Å². The number of aromatic nitrogens is 4. The van der Waals surface area contributed by atoms with Gasteiger partial charge in [-0.2, -0.15) is 5.10 Å². The largest absolute Gasteiger partial charge is 0.474 e. The monoisotopic (exact) mass is 515 g/mol. The predicted molar refractivity (Wildman–Crippen MR) is 144 cm³/mol. The van der Waals surface area contributed by atoms with E-state index in [-0.39, 0.29) is 24.0 Å². The number of nitrogens with one attached hydrogen (secondary N) is 1. The molecule has 198 valence electrons. The van der Waals surface area contributed by atoms with E-state index in [0.29, 0.717) is 31.9 Å². The van der Waals surface area contributed by atoms with Crippen LogP contribution in [0.1, 0.15) is 49.9 Å². The zero-order valence-electron chi connectivity index (χ0n) is 22.0. The Hall–Kier alpha value is -3.56. The van der Waals surface area contributed by atoms with Gasteiger partial charge >= 0.3 is 0 Å². The second-order valence-electron chi connectivity index (χ2n) is 10.6. The Morgan fingerprint density at radius 2 is 2.00 bits per heavy atom. The van der Waals surface area contributed by atoms with Crippen molar-refractivity contribution in [3.63, 3.8) is 0 Å². The number of pyridine rings is 2. The number of likely N-dealkylation sites (N-methyl/N-ethyl adjacent to an activating group) is 1. The van der Waals surface area contributed by atoms with Gasteiger partial charge in [0.05, 0.1) is 17.4 Å². The fourth-order valence-corrected chi connectivity index (χ4v) is 5.68. The third-order valence-corrected chi connectivity index (χ3v) is 7.95. The third-order valence-electron chi connectivity index (χ3n) is 7.95. The van der Waals surface area contributed by atoms with Crippen LogP contribution in [0.5, 0.6) is 5.88 Å². The molecule has 3 aromatic heterocycles. The number of benzene rings is 1. The molecule has 9 nitrogen and oxygen atoms in total. The van der Waals surface area contributed by atoms with Gasteiger partial charge in [-0.1, -0.05) is 0 Å². The van der Waals surface area contributed by atoms with Crippen molar-refractivity contribution < 1.29 is 19.4 Å². The van der Waals surface area contributed by atoms with Crippen LogP contribution in [0.15, 0.2) is 36.7 Å². The van der Waals surface area contributed by atoms with E-state index < -0.39 is 6.10 Å². The average Bonchev–Trinajstić information content (AvgIpc) is 3.36. The maximum absolute atomic E-state index is 12.2. The number of H-pyrrole nitrogens is 1. The summed E-state index contributed by atoms with van der Waals surface area (Å²) in [5.74, 6) is 0.598. The van der Waals surface area contributed by atoms with Gasteiger partial charge in [0.15, 0.2) is 0 Å². The molecule has 4 heterocycles. The first-order valence-electron chi connectivity index (χ1n) is 13.3. The molecule has 38 heavy (non-hydrogen) atoms. The van der Waals surface area contributed by atoms with Crippen LogP contribution in [-0.2, 0) is 9.53 Å². The lowest BCUT2D eigenvalue weighted by molar-refractivity contribution is -0.143. The second-order valence-corrected chi connectivity index (χ2v) is 10.6. The smallest absolute Gasteiger partial charge is 0.251 e. The molecule has 9 heteroatoms. The second kappa shape index (κ2) is 9.96. The Morgan fingerprint density at radius 1 is 1.21 bits per heavy atom. The number of ether oxygens (including phenoxy) is 2. The van der Waals surface area contributed by atoms with Crippen molar-refractivity contribution in [3.8, 4) is 17.0 Å². The van der Waals surface area contributed by atoms with Gasteiger partial charge in [-0.3, -0.25) is 14.9 Å². The summed E-state index contributed by atoms with van der Waals surface area (Å²) in [4.78, 5) is 23.5. The number of aliphatic hydroxyl groups excluding tert-OH is 1. The number of rotatable bonds is 6. The van der Waals surface area contributed by atoms with E-state index in [1.807, 2.05) is 19.3 Å².